The van der Waals surface area contributed by atoms with Gasteiger partial charge < -0.3 is 19.5 Å². The summed E-state index contributed by atoms with van der Waals surface area (Å²) >= 11 is 0. The Bertz CT molecular complexity index is 1190. The first-order valence-electron chi connectivity index (χ1n) is 10.4. The fourth-order valence-corrected chi connectivity index (χ4v) is 4.62. The van der Waals surface area contributed by atoms with E-state index in [4.69, 9.17) is 14.2 Å². The molecule has 2 aliphatic heterocycles. The molecule has 0 unspecified atom stereocenters. The van der Waals surface area contributed by atoms with Gasteiger partial charge in [0.05, 0.1) is 17.9 Å². The maximum atomic E-state index is 12.0. The van der Waals surface area contributed by atoms with Crippen molar-refractivity contribution in [3.8, 4) is 11.5 Å². The number of amidine groups is 1. The van der Waals surface area contributed by atoms with Crippen LogP contribution in [0.1, 0.15) is 17.5 Å². The van der Waals surface area contributed by atoms with Crippen LogP contribution in [-0.2, 0) is 30.8 Å². The molecule has 0 bridgehead atoms. The molecule has 2 heterocycles. The van der Waals surface area contributed by atoms with E-state index in [1.807, 2.05) is 18.2 Å². The fourth-order valence-electron chi connectivity index (χ4n) is 3.37. The number of benzene rings is 2. The van der Waals surface area contributed by atoms with Gasteiger partial charge in [0.1, 0.15) is 19.0 Å². The number of carbonyl (C=O) groups is 2. The number of fused-ring (bicyclic) bond motifs is 2. The predicted octanol–water partition coefficient (Wildman–Crippen LogP) is 0.788. The van der Waals surface area contributed by atoms with Crippen molar-refractivity contribution >= 4 is 27.7 Å². The molecule has 4 rings (SSSR count). The number of nitrogens with zero attached hydrogens (tertiary/aromatic N) is 1. The van der Waals surface area contributed by atoms with E-state index in [9.17, 15) is 18.0 Å². The lowest BCUT2D eigenvalue weighted by atomic mass is 10.1. The van der Waals surface area contributed by atoms with Crippen LogP contribution < -0.4 is 19.5 Å². The number of sulfonamides is 1. The van der Waals surface area contributed by atoms with Gasteiger partial charge in [-0.25, -0.2) is 8.42 Å². The Morgan fingerprint density at radius 2 is 1.88 bits per heavy atom. The third-order valence-electron chi connectivity index (χ3n) is 4.96. The number of hydrogen-bond donors (Lipinski definition) is 2. The molecule has 2 aromatic carbocycles. The topological polar surface area (TPSA) is 132 Å². The number of ether oxygens (including phenoxy) is 3. The van der Waals surface area contributed by atoms with Gasteiger partial charge in [-0.2, -0.15) is 0 Å². The molecule has 174 valence electrons. The first-order valence-corrected chi connectivity index (χ1v) is 11.9. The van der Waals surface area contributed by atoms with E-state index in [1.54, 1.807) is 18.2 Å². The van der Waals surface area contributed by atoms with Crippen molar-refractivity contribution in [2.75, 3.05) is 32.9 Å². The van der Waals surface area contributed by atoms with Crippen LogP contribution in [-0.4, -0.2) is 59.0 Å². The number of amides is 1. The first-order chi connectivity index (χ1) is 15.9. The summed E-state index contributed by atoms with van der Waals surface area (Å²) in [7, 11) is -3.62. The van der Waals surface area contributed by atoms with Crippen LogP contribution in [0.3, 0.4) is 0 Å². The summed E-state index contributed by atoms with van der Waals surface area (Å²) < 4.78 is 42.4. The van der Waals surface area contributed by atoms with Crippen LogP contribution >= 0.6 is 0 Å². The lowest BCUT2D eigenvalue weighted by molar-refractivity contribution is -0.148. The second kappa shape index (κ2) is 9.90. The molecule has 33 heavy (non-hydrogen) atoms. The first kappa shape index (κ1) is 22.6. The number of esters is 1. The van der Waals surface area contributed by atoms with Crippen LogP contribution in [0, 0.1) is 0 Å². The molecular weight excluding hydrogens is 450 g/mol. The summed E-state index contributed by atoms with van der Waals surface area (Å²) in [5.74, 6) is 0.576. The van der Waals surface area contributed by atoms with Gasteiger partial charge in [-0.15, -0.1) is 0 Å². The molecule has 10 nitrogen and oxygen atoms in total. The van der Waals surface area contributed by atoms with Crippen molar-refractivity contribution in [2.45, 2.75) is 17.7 Å². The predicted molar refractivity (Wildman–Crippen MR) is 118 cm³/mol. The average Bonchev–Trinajstić information content (AvgIpc) is 3.08. The molecule has 0 saturated heterocycles. The molecule has 1 amide bonds. The molecule has 2 aromatic rings. The normalized spacial score (nSPS) is 16.5. The molecule has 2 N–H and O–H groups in total. The van der Waals surface area contributed by atoms with Gasteiger partial charge >= 0.3 is 5.97 Å². The summed E-state index contributed by atoms with van der Waals surface area (Å²) in [5.41, 5.74) is 1.45. The molecular formula is C22H23N3O7S. The Balaban J connectivity index is 1.16. The Kier molecular flexibility index (Phi) is 6.78. The zero-order valence-corrected chi connectivity index (χ0v) is 18.5. The summed E-state index contributed by atoms with van der Waals surface area (Å²) in [6.45, 7) is 1.04. The molecule has 0 spiro atoms. The molecule has 0 saturated carbocycles. The highest BCUT2D eigenvalue weighted by molar-refractivity contribution is 7.90. The van der Waals surface area contributed by atoms with Crippen molar-refractivity contribution < 1.29 is 32.2 Å². The molecule has 11 heteroatoms. The fraction of sp³-hybridized carbons (Fsp3) is 0.318. The van der Waals surface area contributed by atoms with Crippen molar-refractivity contribution in [1.82, 2.24) is 10.0 Å². The molecule has 0 fully saturated rings. The van der Waals surface area contributed by atoms with Gasteiger partial charge in [0.2, 0.25) is 0 Å². The second-order valence-corrected chi connectivity index (χ2v) is 8.97. The van der Waals surface area contributed by atoms with E-state index in [0.29, 0.717) is 43.2 Å². The molecule has 0 aromatic heterocycles. The lowest BCUT2D eigenvalue weighted by Crippen LogP contribution is -2.30. The minimum atomic E-state index is -3.62. The van der Waals surface area contributed by atoms with Crippen LogP contribution in [0.15, 0.2) is 52.4 Å². The van der Waals surface area contributed by atoms with Gasteiger partial charge in [-0.1, -0.05) is 18.2 Å². The lowest BCUT2D eigenvalue weighted by Gasteiger charge is -2.18. The third kappa shape index (κ3) is 5.61. The summed E-state index contributed by atoms with van der Waals surface area (Å²) in [6.07, 6.45) is 0.503. The van der Waals surface area contributed by atoms with E-state index in [0.717, 1.165) is 5.56 Å². The largest absolute Gasteiger partial charge is 0.486 e. The summed E-state index contributed by atoms with van der Waals surface area (Å²) in [4.78, 5) is 28.1. The van der Waals surface area contributed by atoms with Gasteiger partial charge in [-0.3, -0.25) is 19.3 Å². The van der Waals surface area contributed by atoms with Gasteiger partial charge in [0, 0.05) is 12.1 Å². The maximum Gasteiger partial charge on any atom is 0.308 e. The van der Waals surface area contributed by atoms with E-state index >= 15 is 0 Å². The standard InChI is InChI=1S/C22H23N3O7S/c26-20(23-9-7-15-5-6-17-18(13-15)31-12-11-30-17)14-32-21(27)8-10-24-22-16-3-1-2-4-19(16)33(28,29)25-22/h1-6,13H,7-12,14H2,(H,23,26)(H,24,25). The second-order valence-electron chi connectivity index (χ2n) is 7.32. The maximum absolute atomic E-state index is 12.0. The molecule has 0 atom stereocenters. The van der Waals surface area contributed by atoms with E-state index < -0.39 is 28.5 Å². The molecule has 0 radical (unpaired) electrons. The van der Waals surface area contributed by atoms with Gasteiger partial charge in [0.15, 0.2) is 18.1 Å². The van der Waals surface area contributed by atoms with Crippen LogP contribution in [0.4, 0.5) is 0 Å². The van der Waals surface area contributed by atoms with E-state index in [1.165, 1.54) is 6.07 Å². The van der Waals surface area contributed by atoms with Crippen molar-refractivity contribution in [2.24, 2.45) is 4.99 Å². The van der Waals surface area contributed by atoms with E-state index in [-0.39, 0.29) is 23.7 Å². The van der Waals surface area contributed by atoms with Crippen molar-refractivity contribution in [3.05, 3.63) is 53.6 Å². The Morgan fingerprint density at radius 1 is 1.09 bits per heavy atom. The van der Waals surface area contributed by atoms with Crippen LogP contribution in [0.2, 0.25) is 0 Å². The average molecular weight is 474 g/mol. The zero-order chi connectivity index (χ0) is 23.3. The van der Waals surface area contributed by atoms with Gasteiger partial charge in [0.25, 0.3) is 15.9 Å². The SMILES string of the molecule is O=C(COC(=O)CCN=C1NS(=O)(=O)c2ccccc21)NCCc1ccc2c(c1)OCCO2. The van der Waals surface area contributed by atoms with Crippen LogP contribution in [0.25, 0.3) is 0 Å². The van der Waals surface area contributed by atoms with Crippen molar-refractivity contribution in [3.63, 3.8) is 0 Å². The number of hydrogen-bond acceptors (Lipinski definition) is 8. The van der Waals surface area contributed by atoms with Crippen molar-refractivity contribution in [1.29, 1.82) is 0 Å². The Hall–Kier alpha value is -3.60. The molecule has 0 aliphatic carbocycles. The minimum absolute atomic E-state index is 0.0246. The molecule has 2 aliphatic rings. The zero-order valence-electron chi connectivity index (χ0n) is 17.7. The number of rotatable bonds is 8. The number of aliphatic imine (C=N–C) groups is 1. The highest BCUT2D eigenvalue weighted by Gasteiger charge is 2.30. The monoisotopic (exact) mass is 473 g/mol. The van der Waals surface area contributed by atoms with E-state index in [2.05, 4.69) is 15.0 Å². The summed E-state index contributed by atoms with van der Waals surface area (Å²) in [5, 5.41) is 2.69. The Labute approximate surface area is 191 Å². The smallest absolute Gasteiger partial charge is 0.308 e. The Morgan fingerprint density at radius 3 is 2.73 bits per heavy atom. The van der Waals surface area contributed by atoms with Gasteiger partial charge in [-0.05, 0) is 36.2 Å². The highest BCUT2D eigenvalue weighted by Crippen LogP contribution is 2.30. The minimum Gasteiger partial charge on any atom is -0.486 e. The quantitative estimate of drug-likeness (QED) is 0.542. The third-order valence-corrected chi connectivity index (χ3v) is 6.35. The highest BCUT2D eigenvalue weighted by atomic mass is 32.2. The summed E-state index contributed by atoms with van der Waals surface area (Å²) in [6, 6.07) is 12.1. The number of carbonyl (C=O) groups excluding carboxylic acids is 2. The number of nitrogens with one attached hydrogen (secondary N) is 2. The van der Waals surface area contributed by atoms with Crippen LogP contribution in [0.5, 0.6) is 11.5 Å².